The monoisotopic (exact) mass is 483 g/mol. The number of carbonyl (C=O) groups is 2. The van der Waals surface area contributed by atoms with E-state index in [4.69, 9.17) is 13.9 Å². The third kappa shape index (κ3) is 5.80. The van der Waals surface area contributed by atoms with E-state index in [9.17, 15) is 9.59 Å². The minimum Gasteiger partial charge on any atom is -0.487 e. The van der Waals surface area contributed by atoms with Crippen molar-refractivity contribution in [2.45, 2.75) is 104 Å². The van der Waals surface area contributed by atoms with Crippen LogP contribution in [0.3, 0.4) is 0 Å². The van der Waals surface area contributed by atoms with Crippen LogP contribution in [-0.4, -0.2) is 29.2 Å². The van der Waals surface area contributed by atoms with Crippen LogP contribution in [0, 0.1) is 0 Å². The van der Waals surface area contributed by atoms with Crippen LogP contribution in [0.5, 0.6) is 5.75 Å². The van der Waals surface area contributed by atoms with Crippen LogP contribution >= 0.6 is 0 Å². The van der Waals surface area contributed by atoms with Gasteiger partial charge in [-0.25, -0.2) is 10.2 Å². The van der Waals surface area contributed by atoms with Crippen molar-refractivity contribution in [2.24, 2.45) is 5.10 Å². The molecule has 8 nitrogen and oxygen atoms in total. The van der Waals surface area contributed by atoms with Crippen LogP contribution in [-0.2, 0) is 28.8 Å². The van der Waals surface area contributed by atoms with Crippen molar-refractivity contribution < 1.29 is 23.5 Å². The molecule has 0 spiro atoms. The molecule has 0 saturated carbocycles. The largest absolute Gasteiger partial charge is 0.487 e. The van der Waals surface area contributed by atoms with Gasteiger partial charge in [0.2, 0.25) is 5.55 Å². The SMILES string of the molecule is CCC(NC(=O)OC(C)(C)C)C(=O)N/N=c1/oc2cc3c(cc2c2c1CCCC2)CCC(C)(C)O3. The number of hydrogen-bond donors (Lipinski definition) is 2. The fourth-order valence-corrected chi connectivity index (χ4v) is 4.68. The molecule has 1 aromatic heterocycles. The minimum absolute atomic E-state index is 0.216. The fourth-order valence-electron chi connectivity index (χ4n) is 4.68. The Bertz CT molecular complexity index is 1210. The van der Waals surface area contributed by atoms with Crippen molar-refractivity contribution >= 4 is 23.0 Å². The summed E-state index contributed by atoms with van der Waals surface area (Å²) in [5, 5.41) is 8.08. The molecule has 2 aliphatic rings. The number of fused-ring (bicyclic) bond motifs is 4. The Morgan fingerprint density at radius 3 is 2.54 bits per heavy atom. The summed E-state index contributed by atoms with van der Waals surface area (Å²) < 4.78 is 17.7. The molecule has 2 N–H and O–H groups in total. The van der Waals surface area contributed by atoms with Gasteiger partial charge in [0.15, 0.2) is 0 Å². The zero-order chi connectivity index (χ0) is 25.4. The van der Waals surface area contributed by atoms with Gasteiger partial charge >= 0.3 is 6.09 Å². The number of nitrogens with one attached hydrogen (secondary N) is 2. The lowest BCUT2D eigenvalue weighted by atomic mass is 9.88. The minimum atomic E-state index is -0.771. The Morgan fingerprint density at radius 2 is 1.86 bits per heavy atom. The van der Waals surface area contributed by atoms with Gasteiger partial charge in [-0.05, 0) is 96.8 Å². The summed E-state index contributed by atoms with van der Waals surface area (Å²) in [5.41, 5.74) is 6.32. The van der Waals surface area contributed by atoms with E-state index in [-0.39, 0.29) is 5.60 Å². The van der Waals surface area contributed by atoms with Crippen LogP contribution in [0.15, 0.2) is 21.7 Å². The van der Waals surface area contributed by atoms with E-state index in [2.05, 4.69) is 35.8 Å². The van der Waals surface area contributed by atoms with E-state index < -0.39 is 23.6 Å². The molecule has 35 heavy (non-hydrogen) atoms. The van der Waals surface area contributed by atoms with Gasteiger partial charge < -0.3 is 19.2 Å². The zero-order valence-corrected chi connectivity index (χ0v) is 21.7. The average Bonchev–Trinajstić information content (AvgIpc) is 2.78. The second-order valence-corrected chi connectivity index (χ2v) is 11.1. The van der Waals surface area contributed by atoms with Crippen molar-refractivity contribution in [2.75, 3.05) is 0 Å². The lowest BCUT2D eigenvalue weighted by molar-refractivity contribution is -0.123. The van der Waals surface area contributed by atoms with E-state index in [1.54, 1.807) is 20.8 Å². The molecule has 0 bridgehead atoms. The number of benzene rings is 1. The van der Waals surface area contributed by atoms with Gasteiger partial charge in [0, 0.05) is 17.0 Å². The second-order valence-electron chi connectivity index (χ2n) is 11.1. The standard InChI is InChI=1S/C27H37N3O5/c1-7-20(28-25(32)35-26(2,3)4)23(31)29-30-24-18-11-9-8-10-17(18)19-14-16-12-13-27(5,6)34-21(16)15-22(19)33-24/h14-15,20H,7-13H2,1-6H3,(H,28,32)(H,29,31)/b30-24+. The Balaban J connectivity index is 1.64. The molecular weight excluding hydrogens is 446 g/mol. The Morgan fingerprint density at radius 1 is 1.14 bits per heavy atom. The van der Waals surface area contributed by atoms with Crippen LogP contribution in [0.1, 0.15) is 83.9 Å². The molecule has 2 heterocycles. The highest BCUT2D eigenvalue weighted by atomic mass is 16.6. The first-order chi connectivity index (χ1) is 16.5. The lowest BCUT2D eigenvalue weighted by Crippen LogP contribution is -2.47. The zero-order valence-electron chi connectivity index (χ0n) is 21.7. The number of nitrogens with zero attached hydrogens (tertiary/aromatic N) is 1. The lowest BCUT2D eigenvalue weighted by Gasteiger charge is -2.33. The first-order valence-electron chi connectivity index (χ1n) is 12.6. The van der Waals surface area contributed by atoms with E-state index >= 15 is 0 Å². The maximum atomic E-state index is 12.8. The van der Waals surface area contributed by atoms with E-state index in [1.807, 2.05) is 13.0 Å². The fraction of sp³-hybridized carbons (Fsp3) is 0.593. The van der Waals surface area contributed by atoms with Crippen molar-refractivity contribution in [1.82, 2.24) is 10.7 Å². The number of carbonyl (C=O) groups excluding carboxylic acids is 2. The molecule has 0 radical (unpaired) electrons. The highest BCUT2D eigenvalue weighted by Crippen LogP contribution is 2.37. The number of aryl methyl sites for hydroxylation is 2. The Labute approximate surface area is 206 Å². The smallest absolute Gasteiger partial charge is 0.408 e. The third-order valence-corrected chi connectivity index (χ3v) is 6.49. The quantitative estimate of drug-likeness (QED) is 0.617. The van der Waals surface area contributed by atoms with Crippen molar-refractivity contribution in [1.29, 1.82) is 0 Å². The van der Waals surface area contributed by atoms with Gasteiger partial charge in [-0.15, -0.1) is 5.10 Å². The molecule has 1 aromatic carbocycles. The van der Waals surface area contributed by atoms with E-state index in [1.165, 1.54) is 11.1 Å². The molecular formula is C27H37N3O5. The molecule has 190 valence electrons. The number of amides is 2. The van der Waals surface area contributed by atoms with Crippen LogP contribution in [0.25, 0.3) is 11.0 Å². The predicted octanol–water partition coefficient (Wildman–Crippen LogP) is 4.65. The normalized spacial score (nSPS) is 18.2. The molecule has 1 atom stereocenters. The number of hydrogen-bond acceptors (Lipinski definition) is 6. The summed E-state index contributed by atoms with van der Waals surface area (Å²) in [4.78, 5) is 24.9. The summed E-state index contributed by atoms with van der Waals surface area (Å²) in [6.45, 7) is 11.3. The average molecular weight is 484 g/mol. The molecule has 8 heteroatoms. The highest BCUT2D eigenvalue weighted by Gasteiger charge is 2.28. The van der Waals surface area contributed by atoms with Crippen LogP contribution in [0.4, 0.5) is 4.79 Å². The maximum absolute atomic E-state index is 12.8. The third-order valence-electron chi connectivity index (χ3n) is 6.49. The predicted molar refractivity (Wildman–Crippen MR) is 133 cm³/mol. The van der Waals surface area contributed by atoms with Gasteiger partial charge in [-0.2, -0.15) is 0 Å². The second kappa shape index (κ2) is 9.55. The van der Waals surface area contributed by atoms with Gasteiger partial charge in [-0.1, -0.05) is 6.92 Å². The van der Waals surface area contributed by atoms with Gasteiger partial charge in [-0.3, -0.25) is 4.79 Å². The van der Waals surface area contributed by atoms with Crippen LogP contribution in [0.2, 0.25) is 0 Å². The maximum Gasteiger partial charge on any atom is 0.408 e. The van der Waals surface area contributed by atoms with Crippen molar-refractivity contribution in [3.8, 4) is 5.75 Å². The highest BCUT2D eigenvalue weighted by molar-refractivity contribution is 5.86. The van der Waals surface area contributed by atoms with Gasteiger partial charge in [0.1, 0.15) is 28.6 Å². The number of ether oxygens (including phenoxy) is 2. The van der Waals surface area contributed by atoms with E-state index in [0.29, 0.717) is 17.6 Å². The topological polar surface area (TPSA) is 102 Å². The molecule has 2 aromatic rings. The summed E-state index contributed by atoms with van der Waals surface area (Å²) >= 11 is 0. The summed E-state index contributed by atoms with van der Waals surface area (Å²) in [7, 11) is 0. The summed E-state index contributed by atoms with van der Waals surface area (Å²) in [5.74, 6) is 0.421. The van der Waals surface area contributed by atoms with Crippen LogP contribution < -0.4 is 21.0 Å². The number of alkyl carbamates (subject to hydrolysis) is 1. The molecule has 1 aliphatic heterocycles. The molecule has 4 rings (SSSR count). The Hall–Kier alpha value is -3.03. The number of rotatable bonds is 4. The molecule has 0 fully saturated rings. The van der Waals surface area contributed by atoms with Gasteiger partial charge in [0.25, 0.3) is 5.91 Å². The Kier molecular flexibility index (Phi) is 6.84. The first kappa shape index (κ1) is 25.1. The summed E-state index contributed by atoms with van der Waals surface area (Å²) in [6.07, 6.45) is 5.64. The first-order valence-corrected chi connectivity index (χ1v) is 12.6. The van der Waals surface area contributed by atoms with Crippen molar-refractivity contribution in [3.05, 3.63) is 34.4 Å². The van der Waals surface area contributed by atoms with Crippen molar-refractivity contribution in [3.63, 3.8) is 0 Å². The molecule has 1 unspecified atom stereocenters. The summed E-state index contributed by atoms with van der Waals surface area (Å²) in [6, 6.07) is 3.39. The molecule has 1 aliphatic carbocycles. The molecule has 0 saturated heterocycles. The van der Waals surface area contributed by atoms with Gasteiger partial charge in [0.05, 0.1) is 0 Å². The molecule has 2 amide bonds. The van der Waals surface area contributed by atoms with E-state index in [0.717, 1.165) is 55.2 Å².